The summed E-state index contributed by atoms with van der Waals surface area (Å²) >= 11 is 1.80. The number of carbonyl (C=O) groups is 1. The highest BCUT2D eigenvalue weighted by Crippen LogP contribution is 2.32. The first kappa shape index (κ1) is 6.49. The van der Waals surface area contributed by atoms with Gasteiger partial charge in [0.15, 0.2) is 0 Å². The molecule has 2 atom stereocenters. The predicted octanol–water partition coefficient (Wildman–Crippen LogP) is -0.381. The molecule has 0 radical (unpaired) electrons. The molecule has 2 fully saturated rings. The number of hydrogen-bond acceptors (Lipinski definition) is 3. The molecule has 2 saturated heterocycles. The van der Waals surface area contributed by atoms with Gasteiger partial charge in [0.1, 0.15) is 11.4 Å². The molecule has 2 heterocycles. The SMILES string of the molecule is N[C@@H]1C(=O)N2CCCS[C@H]12. The lowest BCUT2D eigenvalue weighted by Crippen LogP contribution is -2.68. The van der Waals surface area contributed by atoms with Gasteiger partial charge >= 0.3 is 0 Å². The molecule has 4 heteroatoms. The fourth-order valence-corrected chi connectivity index (χ4v) is 2.67. The van der Waals surface area contributed by atoms with E-state index in [1.54, 1.807) is 11.8 Å². The molecule has 0 spiro atoms. The lowest BCUT2D eigenvalue weighted by atomic mass is 10.1. The highest BCUT2D eigenvalue weighted by Gasteiger charge is 2.46. The number of carbonyl (C=O) groups excluding carboxylic acids is 1. The first-order valence-electron chi connectivity index (χ1n) is 3.48. The highest BCUT2D eigenvalue weighted by molar-refractivity contribution is 8.00. The van der Waals surface area contributed by atoms with Crippen LogP contribution in [0.1, 0.15) is 6.42 Å². The summed E-state index contributed by atoms with van der Waals surface area (Å²) in [7, 11) is 0. The number of nitrogens with two attached hydrogens (primary N) is 1. The molecule has 0 aromatic carbocycles. The van der Waals surface area contributed by atoms with Crippen LogP contribution in [-0.2, 0) is 4.79 Å². The van der Waals surface area contributed by atoms with Gasteiger partial charge in [-0.15, -0.1) is 11.8 Å². The van der Waals surface area contributed by atoms with E-state index in [9.17, 15) is 4.79 Å². The standard InChI is InChI=1S/C6H10N2OS/c7-4-5(9)8-2-1-3-10-6(4)8/h4,6H,1-3,7H2/t4-,6-/m1/s1. The summed E-state index contributed by atoms with van der Waals surface area (Å²) < 4.78 is 0. The van der Waals surface area contributed by atoms with Crippen LogP contribution in [0.15, 0.2) is 0 Å². The van der Waals surface area contributed by atoms with Crippen molar-refractivity contribution in [1.82, 2.24) is 4.90 Å². The molecule has 2 N–H and O–H groups in total. The number of nitrogens with zero attached hydrogens (tertiary/aromatic N) is 1. The summed E-state index contributed by atoms with van der Waals surface area (Å²) in [6, 6.07) is -0.203. The monoisotopic (exact) mass is 158 g/mol. The third kappa shape index (κ3) is 0.689. The van der Waals surface area contributed by atoms with Gasteiger partial charge in [-0.3, -0.25) is 4.79 Å². The second-order valence-corrected chi connectivity index (χ2v) is 3.90. The second-order valence-electron chi connectivity index (χ2n) is 2.67. The van der Waals surface area contributed by atoms with Gasteiger partial charge in [0, 0.05) is 6.54 Å². The van der Waals surface area contributed by atoms with Crippen LogP contribution in [0.4, 0.5) is 0 Å². The summed E-state index contributed by atoms with van der Waals surface area (Å²) in [4.78, 5) is 12.9. The maximum Gasteiger partial charge on any atom is 0.243 e. The smallest absolute Gasteiger partial charge is 0.243 e. The fraction of sp³-hybridized carbons (Fsp3) is 0.833. The Morgan fingerprint density at radius 1 is 1.70 bits per heavy atom. The maximum absolute atomic E-state index is 11.0. The van der Waals surface area contributed by atoms with E-state index in [-0.39, 0.29) is 11.9 Å². The number of rotatable bonds is 0. The summed E-state index contributed by atoms with van der Waals surface area (Å²) in [5, 5.41) is 0.307. The molecule has 2 rings (SSSR count). The van der Waals surface area contributed by atoms with Crippen molar-refractivity contribution < 1.29 is 4.79 Å². The fourth-order valence-electron chi connectivity index (χ4n) is 1.42. The van der Waals surface area contributed by atoms with Crippen molar-refractivity contribution in [2.24, 2.45) is 5.73 Å². The lowest BCUT2D eigenvalue weighted by Gasteiger charge is -2.47. The van der Waals surface area contributed by atoms with Crippen LogP contribution in [-0.4, -0.2) is 34.5 Å². The average Bonchev–Trinajstić information content (AvgIpc) is 2.03. The Balaban J connectivity index is 2.06. The normalized spacial score (nSPS) is 38.9. The van der Waals surface area contributed by atoms with E-state index in [0.717, 1.165) is 18.7 Å². The van der Waals surface area contributed by atoms with Crippen LogP contribution in [0.5, 0.6) is 0 Å². The molecule has 0 bridgehead atoms. The summed E-state index contributed by atoms with van der Waals surface area (Å²) in [6.45, 7) is 0.921. The van der Waals surface area contributed by atoms with Crippen LogP contribution in [0, 0.1) is 0 Å². The van der Waals surface area contributed by atoms with Crippen LogP contribution in [0.3, 0.4) is 0 Å². The van der Waals surface area contributed by atoms with Crippen LogP contribution in [0.2, 0.25) is 0 Å². The van der Waals surface area contributed by atoms with Gasteiger partial charge < -0.3 is 10.6 Å². The Hall–Kier alpha value is -0.220. The second kappa shape index (κ2) is 2.13. The maximum atomic E-state index is 11.0. The minimum absolute atomic E-state index is 0.136. The highest BCUT2D eigenvalue weighted by atomic mass is 32.2. The van der Waals surface area contributed by atoms with Crippen molar-refractivity contribution in [3.05, 3.63) is 0 Å². The first-order chi connectivity index (χ1) is 4.80. The molecular formula is C6H10N2OS. The van der Waals surface area contributed by atoms with E-state index in [0.29, 0.717) is 5.37 Å². The van der Waals surface area contributed by atoms with E-state index in [1.165, 1.54) is 0 Å². The van der Waals surface area contributed by atoms with Crippen molar-refractivity contribution in [2.45, 2.75) is 17.8 Å². The quantitative estimate of drug-likeness (QED) is 0.489. The minimum atomic E-state index is -0.203. The zero-order chi connectivity index (χ0) is 7.14. The third-order valence-corrected chi connectivity index (χ3v) is 3.43. The Morgan fingerprint density at radius 3 is 3.20 bits per heavy atom. The van der Waals surface area contributed by atoms with Gasteiger partial charge in [0.2, 0.25) is 5.91 Å². The topological polar surface area (TPSA) is 46.3 Å². The van der Waals surface area contributed by atoms with Gasteiger partial charge in [-0.25, -0.2) is 0 Å². The van der Waals surface area contributed by atoms with E-state index in [4.69, 9.17) is 5.73 Å². The molecule has 10 heavy (non-hydrogen) atoms. The predicted molar refractivity (Wildman–Crippen MR) is 40.6 cm³/mol. The number of thioether (sulfide) groups is 1. The Labute approximate surface area is 63.9 Å². The molecule has 0 saturated carbocycles. The summed E-state index contributed by atoms with van der Waals surface area (Å²) in [6.07, 6.45) is 1.12. The van der Waals surface area contributed by atoms with Crippen molar-refractivity contribution in [2.75, 3.05) is 12.3 Å². The van der Waals surface area contributed by atoms with Gasteiger partial charge in [0.25, 0.3) is 0 Å². The summed E-state index contributed by atoms with van der Waals surface area (Å²) in [5.74, 6) is 1.29. The van der Waals surface area contributed by atoms with E-state index in [1.807, 2.05) is 4.90 Å². The van der Waals surface area contributed by atoms with Gasteiger partial charge in [-0.2, -0.15) is 0 Å². The Morgan fingerprint density at radius 2 is 2.50 bits per heavy atom. The number of fused-ring (bicyclic) bond motifs is 1. The largest absolute Gasteiger partial charge is 0.327 e. The molecular weight excluding hydrogens is 148 g/mol. The minimum Gasteiger partial charge on any atom is -0.327 e. The molecule has 56 valence electrons. The van der Waals surface area contributed by atoms with Crippen LogP contribution < -0.4 is 5.73 Å². The summed E-state index contributed by atoms with van der Waals surface area (Å²) in [5.41, 5.74) is 5.56. The van der Waals surface area contributed by atoms with Crippen molar-refractivity contribution in [1.29, 1.82) is 0 Å². The van der Waals surface area contributed by atoms with E-state index >= 15 is 0 Å². The lowest BCUT2D eigenvalue weighted by molar-refractivity contribution is -0.144. The molecule has 0 aliphatic carbocycles. The van der Waals surface area contributed by atoms with Crippen LogP contribution >= 0.6 is 11.8 Å². The van der Waals surface area contributed by atoms with Gasteiger partial charge in [0.05, 0.1) is 0 Å². The van der Waals surface area contributed by atoms with Gasteiger partial charge in [-0.1, -0.05) is 0 Å². The van der Waals surface area contributed by atoms with Crippen molar-refractivity contribution in [3.8, 4) is 0 Å². The van der Waals surface area contributed by atoms with Crippen LogP contribution in [0.25, 0.3) is 0 Å². The molecule has 0 aromatic heterocycles. The third-order valence-electron chi connectivity index (χ3n) is 2.01. The molecule has 1 amide bonds. The Kier molecular flexibility index (Phi) is 1.38. The molecule has 2 aliphatic heterocycles. The number of amides is 1. The van der Waals surface area contributed by atoms with Gasteiger partial charge in [-0.05, 0) is 12.2 Å². The zero-order valence-electron chi connectivity index (χ0n) is 5.62. The first-order valence-corrected chi connectivity index (χ1v) is 4.53. The molecule has 0 unspecified atom stereocenters. The number of hydrogen-bond donors (Lipinski definition) is 1. The molecule has 3 nitrogen and oxygen atoms in total. The molecule has 2 aliphatic rings. The van der Waals surface area contributed by atoms with Crippen molar-refractivity contribution in [3.63, 3.8) is 0 Å². The average molecular weight is 158 g/mol. The Bertz CT molecular complexity index is 173. The van der Waals surface area contributed by atoms with E-state index < -0.39 is 0 Å². The van der Waals surface area contributed by atoms with Crippen molar-refractivity contribution >= 4 is 17.7 Å². The molecule has 0 aromatic rings. The zero-order valence-corrected chi connectivity index (χ0v) is 6.43. The van der Waals surface area contributed by atoms with E-state index in [2.05, 4.69) is 0 Å². The number of β-lactam (4-membered cyclic amide) rings is 1.